The maximum absolute atomic E-state index is 5.98. The van der Waals surface area contributed by atoms with E-state index in [-0.39, 0.29) is 0 Å². The first kappa shape index (κ1) is 13.7. The highest BCUT2D eigenvalue weighted by atomic mass is 16.5. The van der Waals surface area contributed by atoms with Gasteiger partial charge in [0.25, 0.3) is 0 Å². The molecule has 3 aliphatic heterocycles. The predicted octanol–water partition coefficient (Wildman–Crippen LogP) is 2.42. The number of fused-ring (bicyclic) bond motifs is 2. The topological polar surface area (TPSA) is 24.5 Å². The van der Waals surface area contributed by atoms with E-state index >= 15 is 0 Å². The standard InChI is InChI=1S/C18H26N2O/c1-13-10-20(11-14-5-3-2-4-6-14)12-17(13)19-16-9-15-7-8-18(16)21-15/h2-6,13,15-19H,7-12H2,1H3/t13-,15-,16-,17-,18-/m1/s1. The minimum Gasteiger partial charge on any atom is -0.373 e. The molecule has 3 aliphatic rings. The Balaban J connectivity index is 1.33. The zero-order valence-corrected chi connectivity index (χ0v) is 12.9. The molecule has 5 atom stereocenters. The number of benzene rings is 1. The molecule has 21 heavy (non-hydrogen) atoms. The lowest BCUT2D eigenvalue weighted by Crippen LogP contribution is -2.46. The molecule has 0 aliphatic carbocycles. The van der Waals surface area contributed by atoms with Gasteiger partial charge in [0, 0.05) is 31.7 Å². The smallest absolute Gasteiger partial charge is 0.0733 e. The second-order valence-corrected chi connectivity index (χ2v) is 7.15. The Morgan fingerprint density at radius 2 is 2.00 bits per heavy atom. The maximum Gasteiger partial charge on any atom is 0.0733 e. The first-order valence-corrected chi connectivity index (χ1v) is 8.46. The summed E-state index contributed by atoms with van der Waals surface area (Å²) in [6.07, 6.45) is 4.81. The Bertz CT molecular complexity index is 477. The van der Waals surface area contributed by atoms with E-state index < -0.39 is 0 Å². The van der Waals surface area contributed by atoms with Gasteiger partial charge in [-0.3, -0.25) is 4.90 Å². The van der Waals surface area contributed by atoms with Crippen molar-refractivity contribution in [2.45, 2.75) is 57.0 Å². The summed E-state index contributed by atoms with van der Waals surface area (Å²) in [5, 5.41) is 3.91. The van der Waals surface area contributed by atoms with Crippen molar-refractivity contribution in [3.8, 4) is 0 Å². The monoisotopic (exact) mass is 286 g/mol. The molecule has 3 saturated heterocycles. The molecular formula is C18H26N2O. The van der Waals surface area contributed by atoms with E-state index in [1.165, 1.54) is 37.9 Å². The Morgan fingerprint density at radius 3 is 2.71 bits per heavy atom. The molecule has 4 rings (SSSR count). The van der Waals surface area contributed by atoms with Crippen LogP contribution >= 0.6 is 0 Å². The van der Waals surface area contributed by atoms with E-state index in [4.69, 9.17) is 4.74 Å². The molecule has 3 nitrogen and oxygen atoms in total. The van der Waals surface area contributed by atoms with Crippen LogP contribution in [0.1, 0.15) is 31.7 Å². The lowest BCUT2D eigenvalue weighted by molar-refractivity contribution is 0.0955. The molecular weight excluding hydrogens is 260 g/mol. The van der Waals surface area contributed by atoms with Crippen molar-refractivity contribution < 1.29 is 4.74 Å². The van der Waals surface area contributed by atoms with Crippen LogP contribution in [-0.4, -0.2) is 42.3 Å². The Kier molecular flexibility index (Phi) is 3.74. The minimum absolute atomic E-state index is 0.491. The van der Waals surface area contributed by atoms with Crippen molar-refractivity contribution in [3.05, 3.63) is 35.9 Å². The van der Waals surface area contributed by atoms with Crippen LogP contribution in [0.5, 0.6) is 0 Å². The SMILES string of the molecule is C[C@@H]1CN(Cc2ccccc2)C[C@H]1N[C@@H]1C[C@H]2CC[C@H]1O2. The normalized spacial score (nSPS) is 39.2. The Morgan fingerprint density at radius 1 is 1.14 bits per heavy atom. The third-order valence-corrected chi connectivity index (χ3v) is 5.47. The first-order chi connectivity index (χ1) is 10.3. The maximum atomic E-state index is 5.98. The molecule has 0 radical (unpaired) electrons. The number of nitrogens with zero attached hydrogens (tertiary/aromatic N) is 1. The van der Waals surface area contributed by atoms with Crippen molar-refractivity contribution in [2.75, 3.05) is 13.1 Å². The molecule has 1 aromatic rings. The molecule has 3 fully saturated rings. The second kappa shape index (κ2) is 5.71. The molecule has 1 N–H and O–H groups in total. The summed E-state index contributed by atoms with van der Waals surface area (Å²) in [5.74, 6) is 0.729. The van der Waals surface area contributed by atoms with Gasteiger partial charge in [-0.15, -0.1) is 0 Å². The van der Waals surface area contributed by atoms with E-state index in [0.29, 0.717) is 24.3 Å². The van der Waals surface area contributed by atoms with Crippen LogP contribution in [0.25, 0.3) is 0 Å². The first-order valence-electron chi connectivity index (χ1n) is 8.46. The zero-order chi connectivity index (χ0) is 14.2. The molecule has 114 valence electrons. The molecule has 0 aromatic heterocycles. The van der Waals surface area contributed by atoms with Crippen LogP contribution in [0.2, 0.25) is 0 Å². The van der Waals surface area contributed by atoms with E-state index in [2.05, 4.69) is 47.5 Å². The number of hydrogen-bond acceptors (Lipinski definition) is 3. The molecule has 0 amide bonds. The molecule has 0 unspecified atom stereocenters. The second-order valence-electron chi connectivity index (χ2n) is 7.15. The summed E-state index contributed by atoms with van der Waals surface area (Å²) in [4.78, 5) is 2.59. The fraction of sp³-hybridized carbons (Fsp3) is 0.667. The number of rotatable bonds is 4. The van der Waals surface area contributed by atoms with Crippen LogP contribution in [0.15, 0.2) is 30.3 Å². The van der Waals surface area contributed by atoms with Crippen LogP contribution < -0.4 is 5.32 Å². The number of nitrogens with one attached hydrogen (secondary N) is 1. The van der Waals surface area contributed by atoms with Crippen molar-refractivity contribution in [2.24, 2.45) is 5.92 Å². The molecule has 1 aromatic carbocycles. The van der Waals surface area contributed by atoms with Crippen LogP contribution in [0.4, 0.5) is 0 Å². The molecule has 3 heterocycles. The highest BCUT2D eigenvalue weighted by Crippen LogP contribution is 2.35. The predicted molar refractivity (Wildman–Crippen MR) is 84.1 cm³/mol. The molecule has 3 heteroatoms. The minimum atomic E-state index is 0.491. The van der Waals surface area contributed by atoms with Gasteiger partial charge < -0.3 is 10.1 Å². The summed E-state index contributed by atoms with van der Waals surface area (Å²) in [6.45, 7) is 5.84. The summed E-state index contributed by atoms with van der Waals surface area (Å²) >= 11 is 0. The van der Waals surface area contributed by atoms with Gasteiger partial charge in [-0.2, -0.15) is 0 Å². The van der Waals surface area contributed by atoms with Crippen LogP contribution in [0.3, 0.4) is 0 Å². The Labute approximate surface area is 127 Å². The number of likely N-dealkylation sites (tertiary alicyclic amines) is 1. The van der Waals surface area contributed by atoms with Gasteiger partial charge in [-0.05, 0) is 30.7 Å². The lowest BCUT2D eigenvalue weighted by Gasteiger charge is -2.26. The fourth-order valence-electron chi connectivity index (χ4n) is 4.34. The van der Waals surface area contributed by atoms with Gasteiger partial charge in [-0.1, -0.05) is 37.3 Å². The summed E-state index contributed by atoms with van der Waals surface area (Å²) in [6, 6.07) is 12.1. The number of hydrogen-bond donors (Lipinski definition) is 1. The highest BCUT2D eigenvalue weighted by molar-refractivity contribution is 5.15. The molecule has 2 bridgehead atoms. The average Bonchev–Trinajstić information content (AvgIpc) is 3.17. The van der Waals surface area contributed by atoms with Gasteiger partial charge in [0.2, 0.25) is 0 Å². The Hall–Kier alpha value is -0.900. The summed E-state index contributed by atoms with van der Waals surface area (Å²) in [7, 11) is 0. The number of ether oxygens (including phenoxy) is 1. The summed E-state index contributed by atoms with van der Waals surface area (Å²) in [5.41, 5.74) is 1.42. The molecule has 0 spiro atoms. The largest absolute Gasteiger partial charge is 0.373 e. The van der Waals surface area contributed by atoms with Crippen molar-refractivity contribution >= 4 is 0 Å². The van der Waals surface area contributed by atoms with Gasteiger partial charge in [0.15, 0.2) is 0 Å². The average molecular weight is 286 g/mol. The van der Waals surface area contributed by atoms with Crippen LogP contribution in [-0.2, 0) is 11.3 Å². The van der Waals surface area contributed by atoms with Gasteiger partial charge in [-0.25, -0.2) is 0 Å². The van der Waals surface area contributed by atoms with E-state index in [9.17, 15) is 0 Å². The van der Waals surface area contributed by atoms with Gasteiger partial charge in [0.05, 0.1) is 12.2 Å². The highest BCUT2D eigenvalue weighted by Gasteiger charge is 2.42. The van der Waals surface area contributed by atoms with E-state index in [1.54, 1.807) is 0 Å². The fourth-order valence-corrected chi connectivity index (χ4v) is 4.34. The van der Waals surface area contributed by atoms with Gasteiger partial charge >= 0.3 is 0 Å². The quantitative estimate of drug-likeness (QED) is 0.920. The van der Waals surface area contributed by atoms with Gasteiger partial charge in [0.1, 0.15) is 0 Å². The van der Waals surface area contributed by atoms with Crippen molar-refractivity contribution in [3.63, 3.8) is 0 Å². The summed E-state index contributed by atoms with van der Waals surface area (Å²) < 4.78 is 5.98. The van der Waals surface area contributed by atoms with Crippen molar-refractivity contribution in [1.29, 1.82) is 0 Å². The van der Waals surface area contributed by atoms with E-state index in [0.717, 1.165) is 12.5 Å². The third kappa shape index (κ3) is 2.87. The van der Waals surface area contributed by atoms with Crippen molar-refractivity contribution in [1.82, 2.24) is 10.2 Å². The lowest BCUT2D eigenvalue weighted by atomic mass is 9.94. The zero-order valence-electron chi connectivity index (χ0n) is 12.9. The van der Waals surface area contributed by atoms with Crippen LogP contribution in [0, 0.1) is 5.92 Å². The van der Waals surface area contributed by atoms with E-state index in [1.807, 2.05) is 0 Å². The third-order valence-electron chi connectivity index (χ3n) is 5.47. The molecule has 0 saturated carbocycles.